The van der Waals surface area contributed by atoms with Crippen LogP contribution in [0.25, 0.3) is 21.8 Å². The van der Waals surface area contributed by atoms with E-state index in [1.165, 1.54) is 30.6 Å². The van der Waals surface area contributed by atoms with Gasteiger partial charge in [-0.1, -0.05) is 44.2 Å². The maximum absolute atomic E-state index is 14.6. The molecule has 2 heterocycles. The zero-order valence-corrected chi connectivity index (χ0v) is 19.7. The second-order valence-corrected chi connectivity index (χ2v) is 9.02. The molecule has 2 aromatic carbocycles. The highest BCUT2D eigenvalue weighted by atomic mass is 19.4. The van der Waals surface area contributed by atoms with Crippen molar-refractivity contribution in [3.05, 3.63) is 78.6 Å². The molecule has 2 aromatic heterocycles. The molecule has 0 aliphatic carbocycles. The number of allylic oxidation sites excluding steroid dienone is 1. The standard InChI is InChI=1S/C26H27F3N4O2/c1-5-12-32-15-21(20-8-6-7-9-23(20)32)25(35,26(27,28)29)19-10-11-22-18(13-19)14-30-33(22)24(34)31-17(4)16(2)3/h5-11,13-17,35H,1,12H2,2-4H3,(H,31,34). The highest BCUT2D eigenvalue weighted by Gasteiger charge is 2.57. The fraction of sp³-hybridized carbons (Fsp3) is 0.308. The van der Waals surface area contributed by atoms with Crippen molar-refractivity contribution in [2.24, 2.45) is 5.92 Å². The van der Waals surface area contributed by atoms with Crippen molar-refractivity contribution in [2.75, 3.05) is 0 Å². The smallest absolute Gasteiger partial charge is 0.372 e. The first kappa shape index (κ1) is 24.5. The first-order valence-electron chi connectivity index (χ1n) is 11.3. The maximum atomic E-state index is 14.6. The zero-order chi connectivity index (χ0) is 25.5. The molecule has 2 N–H and O–H groups in total. The van der Waals surface area contributed by atoms with Crippen LogP contribution in [0.5, 0.6) is 0 Å². The summed E-state index contributed by atoms with van der Waals surface area (Å²) >= 11 is 0. The van der Waals surface area contributed by atoms with Crippen molar-refractivity contribution in [3.63, 3.8) is 0 Å². The third kappa shape index (κ3) is 4.10. The SMILES string of the molecule is C=CCn1cc(C(O)(c2ccc3c(cnn3C(=O)NC(C)C(C)C)c2)C(F)(F)F)c2ccccc21. The van der Waals surface area contributed by atoms with Gasteiger partial charge in [0.15, 0.2) is 0 Å². The highest BCUT2D eigenvalue weighted by molar-refractivity contribution is 5.91. The van der Waals surface area contributed by atoms with Gasteiger partial charge in [0.25, 0.3) is 0 Å². The predicted molar refractivity (Wildman–Crippen MR) is 129 cm³/mol. The van der Waals surface area contributed by atoms with Gasteiger partial charge in [0.2, 0.25) is 5.60 Å². The van der Waals surface area contributed by atoms with Crippen LogP contribution in [-0.2, 0) is 12.1 Å². The fourth-order valence-corrected chi connectivity index (χ4v) is 4.14. The Balaban J connectivity index is 1.85. The molecule has 0 fully saturated rings. The summed E-state index contributed by atoms with van der Waals surface area (Å²) in [6, 6.07) is 9.79. The van der Waals surface area contributed by atoms with Crippen LogP contribution in [0.15, 0.2) is 67.5 Å². The van der Waals surface area contributed by atoms with Crippen LogP contribution in [0, 0.1) is 5.92 Å². The Morgan fingerprint density at radius 1 is 1.17 bits per heavy atom. The molecule has 0 bridgehead atoms. The number of hydrogen-bond donors (Lipinski definition) is 2. The Hall–Kier alpha value is -3.59. The number of amides is 1. The molecule has 184 valence electrons. The summed E-state index contributed by atoms with van der Waals surface area (Å²) in [5.74, 6) is 0.192. The number of hydrogen-bond acceptors (Lipinski definition) is 3. The van der Waals surface area contributed by atoms with Crippen LogP contribution in [-0.4, -0.2) is 37.7 Å². The number of carbonyl (C=O) groups excluding carboxylic acids is 1. The van der Waals surface area contributed by atoms with E-state index >= 15 is 0 Å². The van der Waals surface area contributed by atoms with E-state index in [4.69, 9.17) is 0 Å². The topological polar surface area (TPSA) is 72.1 Å². The van der Waals surface area contributed by atoms with E-state index in [1.807, 2.05) is 20.8 Å². The third-order valence-corrected chi connectivity index (χ3v) is 6.44. The number of aliphatic hydroxyl groups is 1. The summed E-state index contributed by atoms with van der Waals surface area (Å²) in [5, 5.41) is 18.8. The van der Waals surface area contributed by atoms with Gasteiger partial charge in [0.05, 0.1) is 11.7 Å². The lowest BCUT2D eigenvalue weighted by molar-refractivity contribution is -0.247. The van der Waals surface area contributed by atoms with Gasteiger partial charge in [-0.15, -0.1) is 6.58 Å². The van der Waals surface area contributed by atoms with E-state index in [9.17, 15) is 23.1 Å². The lowest BCUT2D eigenvalue weighted by atomic mass is 9.85. The minimum Gasteiger partial charge on any atom is -0.372 e. The maximum Gasteiger partial charge on any atom is 0.425 e. The van der Waals surface area contributed by atoms with Crippen molar-refractivity contribution in [3.8, 4) is 0 Å². The minimum atomic E-state index is -5.02. The van der Waals surface area contributed by atoms with Crippen LogP contribution >= 0.6 is 0 Å². The summed E-state index contributed by atoms with van der Waals surface area (Å²) in [6.07, 6.45) is -0.817. The molecule has 0 saturated carbocycles. The van der Waals surface area contributed by atoms with Crippen LogP contribution in [0.4, 0.5) is 18.0 Å². The Kier molecular flexibility index (Phi) is 6.23. The minimum absolute atomic E-state index is 0.121. The zero-order valence-electron chi connectivity index (χ0n) is 19.7. The van der Waals surface area contributed by atoms with Crippen molar-refractivity contribution >= 4 is 27.8 Å². The number of para-hydroxylation sites is 1. The molecule has 0 saturated heterocycles. The van der Waals surface area contributed by atoms with Gasteiger partial charge in [-0.3, -0.25) is 0 Å². The molecule has 0 radical (unpaired) electrons. The summed E-state index contributed by atoms with van der Waals surface area (Å²) in [4.78, 5) is 12.7. The van der Waals surface area contributed by atoms with Gasteiger partial charge in [-0.05, 0) is 36.6 Å². The molecule has 9 heteroatoms. The van der Waals surface area contributed by atoms with Gasteiger partial charge in [-0.25, -0.2) is 4.79 Å². The molecular formula is C26H27F3N4O2. The number of nitrogens with one attached hydrogen (secondary N) is 1. The molecule has 0 aliphatic heterocycles. The van der Waals surface area contributed by atoms with Crippen molar-refractivity contribution in [1.82, 2.24) is 19.7 Å². The second-order valence-electron chi connectivity index (χ2n) is 9.02. The predicted octanol–water partition coefficient (Wildman–Crippen LogP) is 5.58. The van der Waals surface area contributed by atoms with Gasteiger partial charge >= 0.3 is 12.2 Å². The molecule has 4 rings (SSSR count). The number of halogens is 3. The van der Waals surface area contributed by atoms with E-state index in [0.29, 0.717) is 16.4 Å². The molecule has 2 unspecified atom stereocenters. The van der Waals surface area contributed by atoms with Gasteiger partial charge in [-0.2, -0.15) is 23.0 Å². The summed E-state index contributed by atoms with van der Waals surface area (Å²) in [7, 11) is 0. The number of aromatic nitrogens is 3. The Labute approximate surface area is 200 Å². The number of carbonyl (C=O) groups is 1. The average Bonchev–Trinajstić information content (AvgIpc) is 3.39. The number of benzene rings is 2. The Morgan fingerprint density at radius 3 is 2.54 bits per heavy atom. The van der Waals surface area contributed by atoms with Crippen LogP contribution in [0.1, 0.15) is 31.9 Å². The number of nitrogens with zero attached hydrogens (tertiary/aromatic N) is 3. The van der Waals surface area contributed by atoms with Crippen LogP contribution < -0.4 is 5.32 Å². The number of alkyl halides is 3. The molecule has 1 amide bonds. The normalized spacial score (nSPS) is 14.9. The van der Waals surface area contributed by atoms with E-state index in [1.54, 1.807) is 34.9 Å². The van der Waals surface area contributed by atoms with Gasteiger partial charge < -0.3 is 15.0 Å². The molecule has 2 atom stereocenters. The van der Waals surface area contributed by atoms with Crippen molar-refractivity contribution in [2.45, 2.75) is 45.1 Å². The quantitative estimate of drug-likeness (QED) is 0.351. The molecule has 0 aliphatic rings. The lowest BCUT2D eigenvalue weighted by Gasteiger charge is -2.31. The molecule has 0 spiro atoms. The Morgan fingerprint density at radius 2 is 1.89 bits per heavy atom. The Bertz CT molecular complexity index is 1400. The monoisotopic (exact) mass is 484 g/mol. The summed E-state index contributed by atoms with van der Waals surface area (Å²) in [6.45, 7) is 9.73. The van der Waals surface area contributed by atoms with Crippen molar-refractivity contribution in [1.29, 1.82) is 0 Å². The van der Waals surface area contributed by atoms with Crippen LogP contribution in [0.3, 0.4) is 0 Å². The fourth-order valence-electron chi connectivity index (χ4n) is 4.14. The molecule has 4 aromatic rings. The highest BCUT2D eigenvalue weighted by Crippen LogP contribution is 2.47. The molecule has 35 heavy (non-hydrogen) atoms. The van der Waals surface area contributed by atoms with E-state index < -0.39 is 17.8 Å². The first-order chi connectivity index (χ1) is 16.5. The second kappa shape index (κ2) is 8.88. The van der Waals surface area contributed by atoms with E-state index in [0.717, 1.165) is 4.68 Å². The van der Waals surface area contributed by atoms with E-state index in [-0.39, 0.29) is 35.0 Å². The third-order valence-electron chi connectivity index (χ3n) is 6.44. The van der Waals surface area contributed by atoms with Gasteiger partial charge in [0, 0.05) is 40.6 Å². The first-order valence-corrected chi connectivity index (χ1v) is 11.3. The van der Waals surface area contributed by atoms with E-state index in [2.05, 4.69) is 17.0 Å². The number of rotatable bonds is 6. The van der Waals surface area contributed by atoms with Gasteiger partial charge in [0.1, 0.15) is 0 Å². The largest absolute Gasteiger partial charge is 0.425 e. The van der Waals surface area contributed by atoms with Crippen LogP contribution in [0.2, 0.25) is 0 Å². The lowest BCUT2D eigenvalue weighted by Crippen LogP contribution is -2.43. The number of fused-ring (bicyclic) bond motifs is 2. The average molecular weight is 485 g/mol. The summed E-state index contributed by atoms with van der Waals surface area (Å²) < 4.78 is 46.5. The molecular weight excluding hydrogens is 457 g/mol. The summed E-state index contributed by atoms with van der Waals surface area (Å²) in [5.41, 5.74) is -3.05. The molecule has 6 nitrogen and oxygen atoms in total. The van der Waals surface area contributed by atoms with Crippen molar-refractivity contribution < 1.29 is 23.1 Å².